The second-order valence-electron chi connectivity index (χ2n) is 7.32. The lowest BCUT2D eigenvalue weighted by atomic mass is 10.1. The van der Waals surface area contributed by atoms with Gasteiger partial charge in [-0.05, 0) is 61.4 Å². The molecule has 4 rings (SSSR count). The Balaban J connectivity index is 1.48. The number of aliphatic hydroxyl groups excluding tert-OH is 1. The number of hydrogen-bond acceptors (Lipinski definition) is 5. The predicted molar refractivity (Wildman–Crippen MR) is 116 cm³/mol. The number of nitrogens with one attached hydrogen (secondary N) is 1. The normalized spacial score (nSPS) is 13.3. The van der Waals surface area contributed by atoms with E-state index in [1.807, 2.05) is 17.0 Å². The first-order chi connectivity index (χ1) is 15.1. The molecule has 2 heterocycles. The van der Waals surface area contributed by atoms with Crippen LogP contribution in [0.2, 0.25) is 0 Å². The molecule has 0 atom stereocenters. The molecule has 0 unspecified atom stereocenters. The highest BCUT2D eigenvalue weighted by atomic mass is 16.5. The van der Waals surface area contributed by atoms with Crippen molar-refractivity contribution in [2.24, 2.45) is 0 Å². The van der Waals surface area contributed by atoms with E-state index in [9.17, 15) is 14.7 Å². The van der Waals surface area contributed by atoms with Gasteiger partial charge < -0.3 is 20.1 Å². The van der Waals surface area contributed by atoms with Gasteiger partial charge in [0.1, 0.15) is 11.4 Å². The lowest BCUT2D eigenvalue weighted by Gasteiger charge is -2.15. The molecule has 1 fully saturated rings. The molecule has 160 valence electrons. The standard InChI is InChI=1S/C23H24N4O4/c1-31-19-10-8-18(9-11-19)27-14-20(21(15-28)25-27)22(29)24-17-6-4-16(5-7-17)23(30)26-12-2-3-13-26/h4-11,14,28H,2-3,12-13,15H2,1H3,(H,24,29). The molecule has 2 aromatic carbocycles. The smallest absolute Gasteiger partial charge is 0.259 e. The third-order valence-corrected chi connectivity index (χ3v) is 5.31. The Hall–Kier alpha value is -3.65. The quantitative estimate of drug-likeness (QED) is 0.639. The Kier molecular flexibility index (Phi) is 5.99. The summed E-state index contributed by atoms with van der Waals surface area (Å²) in [6.07, 6.45) is 3.66. The molecule has 3 aromatic rings. The van der Waals surface area contributed by atoms with Crippen LogP contribution in [0.1, 0.15) is 39.3 Å². The van der Waals surface area contributed by atoms with Crippen LogP contribution in [-0.2, 0) is 6.61 Å². The lowest BCUT2D eigenvalue weighted by molar-refractivity contribution is 0.0792. The van der Waals surface area contributed by atoms with E-state index in [0.717, 1.165) is 31.6 Å². The molecule has 1 saturated heterocycles. The number of benzene rings is 2. The largest absolute Gasteiger partial charge is 0.497 e. The number of carbonyl (C=O) groups excluding carboxylic acids is 2. The number of aromatic nitrogens is 2. The van der Waals surface area contributed by atoms with Crippen LogP contribution in [-0.4, -0.2) is 51.8 Å². The summed E-state index contributed by atoms with van der Waals surface area (Å²) in [5.41, 5.74) is 2.44. The first-order valence-corrected chi connectivity index (χ1v) is 10.1. The van der Waals surface area contributed by atoms with E-state index >= 15 is 0 Å². The minimum absolute atomic E-state index is 0.0127. The van der Waals surface area contributed by atoms with Crippen molar-refractivity contribution < 1.29 is 19.4 Å². The number of ether oxygens (including phenoxy) is 1. The maximum absolute atomic E-state index is 12.8. The molecule has 31 heavy (non-hydrogen) atoms. The third-order valence-electron chi connectivity index (χ3n) is 5.31. The summed E-state index contributed by atoms with van der Waals surface area (Å²) in [6, 6.07) is 14.0. The van der Waals surface area contributed by atoms with Crippen molar-refractivity contribution in [3.05, 3.63) is 71.5 Å². The number of methoxy groups -OCH3 is 1. The fourth-order valence-corrected chi connectivity index (χ4v) is 3.58. The molecule has 0 saturated carbocycles. The first kappa shape index (κ1) is 20.6. The predicted octanol–water partition coefficient (Wildman–Crippen LogP) is 2.86. The minimum atomic E-state index is -0.387. The van der Waals surface area contributed by atoms with Crippen LogP contribution in [0.15, 0.2) is 54.7 Å². The van der Waals surface area contributed by atoms with E-state index in [1.165, 1.54) is 4.68 Å². The molecule has 0 aliphatic carbocycles. The summed E-state index contributed by atoms with van der Waals surface area (Å²) in [7, 11) is 1.59. The van der Waals surface area contributed by atoms with E-state index in [0.29, 0.717) is 17.0 Å². The summed E-state index contributed by atoms with van der Waals surface area (Å²) >= 11 is 0. The molecule has 2 amide bonds. The van der Waals surface area contributed by atoms with Crippen molar-refractivity contribution in [1.82, 2.24) is 14.7 Å². The Labute approximate surface area is 180 Å². The van der Waals surface area contributed by atoms with Gasteiger partial charge in [0, 0.05) is 30.5 Å². The fourth-order valence-electron chi connectivity index (χ4n) is 3.58. The molecule has 0 radical (unpaired) electrons. The Morgan fingerprint density at radius 2 is 1.74 bits per heavy atom. The molecule has 1 aliphatic heterocycles. The van der Waals surface area contributed by atoms with Crippen LogP contribution in [0.3, 0.4) is 0 Å². The highest BCUT2D eigenvalue weighted by Gasteiger charge is 2.20. The molecular formula is C23H24N4O4. The number of anilines is 1. The maximum atomic E-state index is 12.8. The molecule has 8 heteroatoms. The number of amides is 2. The van der Waals surface area contributed by atoms with Crippen LogP contribution >= 0.6 is 0 Å². The summed E-state index contributed by atoms with van der Waals surface area (Å²) in [5.74, 6) is 0.337. The molecule has 2 N–H and O–H groups in total. The van der Waals surface area contributed by atoms with E-state index in [4.69, 9.17) is 4.74 Å². The van der Waals surface area contributed by atoms with Crippen molar-refractivity contribution in [2.75, 3.05) is 25.5 Å². The monoisotopic (exact) mass is 420 g/mol. The van der Waals surface area contributed by atoms with Gasteiger partial charge in [-0.15, -0.1) is 0 Å². The van der Waals surface area contributed by atoms with Crippen LogP contribution in [0.25, 0.3) is 5.69 Å². The van der Waals surface area contributed by atoms with Gasteiger partial charge in [0.25, 0.3) is 11.8 Å². The molecule has 1 aromatic heterocycles. The minimum Gasteiger partial charge on any atom is -0.497 e. The van der Waals surface area contributed by atoms with Gasteiger partial charge in [-0.3, -0.25) is 9.59 Å². The van der Waals surface area contributed by atoms with E-state index in [-0.39, 0.29) is 29.7 Å². The van der Waals surface area contributed by atoms with Crippen molar-refractivity contribution in [2.45, 2.75) is 19.4 Å². The van der Waals surface area contributed by atoms with Crippen LogP contribution < -0.4 is 10.1 Å². The molecular weight excluding hydrogens is 396 g/mol. The third kappa shape index (κ3) is 4.44. The summed E-state index contributed by atoms with van der Waals surface area (Å²) < 4.78 is 6.69. The second-order valence-corrected chi connectivity index (χ2v) is 7.32. The van der Waals surface area contributed by atoms with E-state index in [1.54, 1.807) is 49.7 Å². The zero-order valence-electron chi connectivity index (χ0n) is 17.2. The van der Waals surface area contributed by atoms with Crippen molar-refractivity contribution in [3.8, 4) is 11.4 Å². The van der Waals surface area contributed by atoms with Crippen LogP contribution in [0.4, 0.5) is 5.69 Å². The molecule has 0 bridgehead atoms. The average molecular weight is 420 g/mol. The van der Waals surface area contributed by atoms with Gasteiger partial charge in [0.05, 0.1) is 25.0 Å². The number of hydrogen-bond donors (Lipinski definition) is 2. The number of aliphatic hydroxyl groups is 1. The average Bonchev–Trinajstić information content (AvgIpc) is 3.49. The Morgan fingerprint density at radius 3 is 2.35 bits per heavy atom. The van der Waals surface area contributed by atoms with Crippen molar-refractivity contribution in [3.63, 3.8) is 0 Å². The summed E-state index contributed by atoms with van der Waals surface area (Å²) in [6.45, 7) is 1.22. The van der Waals surface area contributed by atoms with Gasteiger partial charge in [-0.1, -0.05) is 0 Å². The number of nitrogens with zero attached hydrogens (tertiary/aromatic N) is 3. The van der Waals surface area contributed by atoms with Crippen LogP contribution in [0.5, 0.6) is 5.75 Å². The molecule has 0 spiro atoms. The zero-order chi connectivity index (χ0) is 21.8. The van der Waals surface area contributed by atoms with Crippen LogP contribution in [0, 0.1) is 0 Å². The van der Waals surface area contributed by atoms with Gasteiger partial charge in [-0.25, -0.2) is 4.68 Å². The first-order valence-electron chi connectivity index (χ1n) is 10.1. The number of rotatable bonds is 6. The van der Waals surface area contributed by atoms with E-state index in [2.05, 4.69) is 10.4 Å². The number of carbonyl (C=O) groups is 2. The van der Waals surface area contributed by atoms with Crippen molar-refractivity contribution >= 4 is 17.5 Å². The van der Waals surface area contributed by atoms with Gasteiger partial charge in [0.15, 0.2) is 0 Å². The Bertz CT molecular complexity index is 1070. The van der Waals surface area contributed by atoms with Gasteiger partial charge >= 0.3 is 0 Å². The molecule has 8 nitrogen and oxygen atoms in total. The topological polar surface area (TPSA) is 96.7 Å². The number of likely N-dealkylation sites (tertiary alicyclic amines) is 1. The summed E-state index contributed by atoms with van der Waals surface area (Å²) in [5, 5.41) is 16.8. The molecule has 1 aliphatic rings. The lowest BCUT2D eigenvalue weighted by Crippen LogP contribution is -2.27. The maximum Gasteiger partial charge on any atom is 0.259 e. The SMILES string of the molecule is COc1ccc(-n2cc(C(=O)Nc3ccc(C(=O)N4CCCC4)cc3)c(CO)n2)cc1. The zero-order valence-corrected chi connectivity index (χ0v) is 17.2. The van der Waals surface area contributed by atoms with E-state index < -0.39 is 0 Å². The van der Waals surface area contributed by atoms with Gasteiger partial charge in [-0.2, -0.15) is 5.10 Å². The highest BCUT2D eigenvalue weighted by Crippen LogP contribution is 2.19. The fraction of sp³-hybridized carbons (Fsp3) is 0.261. The summed E-state index contributed by atoms with van der Waals surface area (Å²) in [4.78, 5) is 27.1. The van der Waals surface area contributed by atoms with Crippen molar-refractivity contribution in [1.29, 1.82) is 0 Å². The Morgan fingerprint density at radius 1 is 1.06 bits per heavy atom. The highest BCUT2D eigenvalue weighted by molar-refractivity contribution is 6.05. The second kappa shape index (κ2) is 9.01. The van der Waals surface area contributed by atoms with Gasteiger partial charge in [0.2, 0.25) is 0 Å².